The number of carbonyl (C=O) groups excluding carboxylic acids is 1. The van der Waals surface area contributed by atoms with Crippen LogP contribution in [0.5, 0.6) is 0 Å². The molecule has 2 amide bonds. The normalized spacial score (nSPS) is 14.9. The van der Waals surface area contributed by atoms with Gasteiger partial charge in [-0.1, -0.05) is 43.5 Å². The lowest BCUT2D eigenvalue weighted by molar-refractivity contribution is 0.223. The molecular weight excluding hydrogens is 327 g/mol. The predicted molar refractivity (Wildman–Crippen MR) is 104 cm³/mol. The Morgan fingerprint density at radius 3 is 2.15 bits per heavy atom. The van der Waals surface area contributed by atoms with E-state index < -0.39 is 0 Å². The molecular formula is C22H27FN2O. The van der Waals surface area contributed by atoms with Crippen LogP contribution >= 0.6 is 0 Å². The van der Waals surface area contributed by atoms with Crippen LogP contribution in [0.4, 0.5) is 14.9 Å². The van der Waals surface area contributed by atoms with Gasteiger partial charge in [-0.05, 0) is 54.2 Å². The van der Waals surface area contributed by atoms with Gasteiger partial charge in [-0.3, -0.25) is 4.90 Å². The van der Waals surface area contributed by atoms with Gasteiger partial charge in [-0.15, -0.1) is 0 Å². The molecule has 1 fully saturated rings. The highest BCUT2D eigenvalue weighted by Crippen LogP contribution is 2.32. The van der Waals surface area contributed by atoms with Gasteiger partial charge in [0, 0.05) is 19.8 Å². The van der Waals surface area contributed by atoms with Gasteiger partial charge in [0.15, 0.2) is 0 Å². The molecule has 2 aromatic rings. The monoisotopic (exact) mass is 354 g/mol. The third kappa shape index (κ3) is 4.43. The van der Waals surface area contributed by atoms with Crippen LogP contribution in [0.15, 0.2) is 48.5 Å². The highest BCUT2D eigenvalue weighted by molar-refractivity contribution is 5.91. The molecule has 0 radical (unpaired) electrons. The molecule has 2 aromatic carbocycles. The Balaban J connectivity index is 1.77. The van der Waals surface area contributed by atoms with E-state index in [1.54, 1.807) is 36.0 Å². The molecule has 1 saturated carbocycles. The molecule has 0 bridgehead atoms. The number of benzene rings is 2. The SMILES string of the molecule is CN(C)C(=O)N(Cc1ccc(C2CCCCC2)cc1)c1ccc(F)cc1. The van der Waals surface area contributed by atoms with Gasteiger partial charge < -0.3 is 4.90 Å². The Bertz CT molecular complexity index is 719. The zero-order chi connectivity index (χ0) is 18.5. The molecule has 0 aromatic heterocycles. The van der Waals surface area contributed by atoms with Crippen molar-refractivity contribution in [1.82, 2.24) is 4.90 Å². The van der Waals surface area contributed by atoms with Gasteiger partial charge in [0.05, 0.1) is 6.54 Å². The Labute approximate surface area is 155 Å². The first-order valence-electron chi connectivity index (χ1n) is 9.38. The molecule has 0 aliphatic heterocycles. The predicted octanol–water partition coefficient (Wildman–Crippen LogP) is 5.56. The maximum atomic E-state index is 13.2. The Kier molecular flexibility index (Phi) is 5.92. The van der Waals surface area contributed by atoms with Crippen LogP contribution in [-0.2, 0) is 6.54 Å². The van der Waals surface area contributed by atoms with Crippen molar-refractivity contribution in [1.29, 1.82) is 0 Å². The summed E-state index contributed by atoms with van der Waals surface area (Å²) < 4.78 is 13.2. The molecule has 0 saturated heterocycles. The fourth-order valence-electron chi connectivity index (χ4n) is 3.65. The molecule has 0 heterocycles. The highest BCUT2D eigenvalue weighted by atomic mass is 19.1. The second-order valence-corrected chi connectivity index (χ2v) is 7.32. The summed E-state index contributed by atoms with van der Waals surface area (Å²) >= 11 is 0. The van der Waals surface area contributed by atoms with Crippen LogP contribution in [0.25, 0.3) is 0 Å². The van der Waals surface area contributed by atoms with E-state index >= 15 is 0 Å². The number of hydrogen-bond acceptors (Lipinski definition) is 1. The molecule has 0 atom stereocenters. The zero-order valence-corrected chi connectivity index (χ0v) is 15.6. The number of urea groups is 1. The third-order valence-corrected chi connectivity index (χ3v) is 5.15. The first-order valence-corrected chi connectivity index (χ1v) is 9.38. The van der Waals surface area contributed by atoms with E-state index in [0.29, 0.717) is 18.2 Å². The largest absolute Gasteiger partial charge is 0.330 e. The molecule has 3 rings (SSSR count). The van der Waals surface area contributed by atoms with E-state index in [-0.39, 0.29) is 11.8 Å². The van der Waals surface area contributed by atoms with Crippen molar-refractivity contribution in [3.8, 4) is 0 Å². The molecule has 0 N–H and O–H groups in total. The lowest BCUT2D eigenvalue weighted by Gasteiger charge is -2.27. The fraction of sp³-hybridized carbons (Fsp3) is 0.409. The van der Waals surface area contributed by atoms with Crippen LogP contribution in [0.2, 0.25) is 0 Å². The van der Waals surface area contributed by atoms with Crippen LogP contribution in [0.1, 0.15) is 49.1 Å². The zero-order valence-electron chi connectivity index (χ0n) is 15.6. The minimum atomic E-state index is -0.303. The molecule has 3 nitrogen and oxygen atoms in total. The summed E-state index contributed by atoms with van der Waals surface area (Å²) in [7, 11) is 3.45. The van der Waals surface area contributed by atoms with Crippen molar-refractivity contribution < 1.29 is 9.18 Å². The lowest BCUT2D eigenvalue weighted by atomic mass is 9.84. The highest BCUT2D eigenvalue weighted by Gasteiger charge is 2.19. The van der Waals surface area contributed by atoms with Gasteiger partial charge in [0.1, 0.15) is 5.82 Å². The summed E-state index contributed by atoms with van der Waals surface area (Å²) in [4.78, 5) is 15.8. The number of rotatable bonds is 4. The summed E-state index contributed by atoms with van der Waals surface area (Å²) in [6.45, 7) is 0.466. The maximum absolute atomic E-state index is 13.2. The summed E-state index contributed by atoms with van der Waals surface area (Å²) in [6.07, 6.45) is 6.55. The minimum Gasteiger partial charge on any atom is -0.330 e. The third-order valence-electron chi connectivity index (χ3n) is 5.15. The van der Waals surface area contributed by atoms with E-state index in [2.05, 4.69) is 24.3 Å². The molecule has 4 heteroatoms. The van der Waals surface area contributed by atoms with Gasteiger partial charge in [-0.2, -0.15) is 0 Å². The molecule has 26 heavy (non-hydrogen) atoms. The standard InChI is InChI=1S/C22H27FN2O/c1-24(2)22(26)25(21-14-12-20(23)13-15-21)16-17-8-10-19(11-9-17)18-6-4-3-5-7-18/h8-15,18H,3-7,16H2,1-2H3. The van der Waals surface area contributed by atoms with Crippen molar-refractivity contribution in [2.75, 3.05) is 19.0 Å². The number of halogens is 1. The minimum absolute atomic E-state index is 0.118. The average Bonchev–Trinajstić information content (AvgIpc) is 2.67. The number of anilines is 1. The molecule has 138 valence electrons. The summed E-state index contributed by atoms with van der Waals surface area (Å²) in [6, 6.07) is 14.6. The van der Waals surface area contributed by atoms with Crippen LogP contribution < -0.4 is 4.90 Å². The fourth-order valence-corrected chi connectivity index (χ4v) is 3.65. The second-order valence-electron chi connectivity index (χ2n) is 7.32. The van der Waals surface area contributed by atoms with Crippen molar-refractivity contribution >= 4 is 11.7 Å². The van der Waals surface area contributed by atoms with E-state index in [1.807, 2.05) is 0 Å². The topological polar surface area (TPSA) is 23.6 Å². The van der Waals surface area contributed by atoms with Crippen molar-refractivity contribution in [3.63, 3.8) is 0 Å². The van der Waals surface area contributed by atoms with Crippen LogP contribution in [0, 0.1) is 5.82 Å². The molecule has 0 spiro atoms. The van der Waals surface area contributed by atoms with E-state index in [4.69, 9.17) is 0 Å². The van der Waals surface area contributed by atoms with Gasteiger partial charge in [0.25, 0.3) is 0 Å². The summed E-state index contributed by atoms with van der Waals surface area (Å²) in [5.74, 6) is 0.372. The van der Waals surface area contributed by atoms with Crippen LogP contribution in [-0.4, -0.2) is 25.0 Å². The smallest absolute Gasteiger partial charge is 0.324 e. The second kappa shape index (κ2) is 8.35. The van der Waals surface area contributed by atoms with E-state index in [9.17, 15) is 9.18 Å². The first-order chi connectivity index (χ1) is 12.5. The number of amides is 2. The average molecular weight is 354 g/mol. The lowest BCUT2D eigenvalue weighted by Crippen LogP contribution is -2.38. The Morgan fingerprint density at radius 2 is 1.58 bits per heavy atom. The van der Waals surface area contributed by atoms with Crippen LogP contribution in [0.3, 0.4) is 0 Å². The van der Waals surface area contributed by atoms with Gasteiger partial charge >= 0.3 is 6.03 Å². The molecule has 1 aliphatic carbocycles. The summed E-state index contributed by atoms with van der Waals surface area (Å²) in [5.41, 5.74) is 3.17. The van der Waals surface area contributed by atoms with Crippen molar-refractivity contribution in [2.24, 2.45) is 0 Å². The summed E-state index contributed by atoms with van der Waals surface area (Å²) in [5, 5.41) is 0. The quantitative estimate of drug-likeness (QED) is 0.705. The van der Waals surface area contributed by atoms with Crippen molar-refractivity contribution in [3.05, 3.63) is 65.5 Å². The number of hydrogen-bond donors (Lipinski definition) is 0. The van der Waals surface area contributed by atoms with E-state index in [0.717, 1.165) is 5.56 Å². The molecule has 1 aliphatic rings. The first kappa shape index (κ1) is 18.4. The molecule has 0 unspecified atom stereocenters. The van der Waals surface area contributed by atoms with E-state index in [1.165, 1.54) is 49.8 Å². The number of carbonyl (C=O) groups is 1. The maximum Gasteiger partial charge on any atom is 0.324 e. The van der Waals surface area contributed by atoms with Gasteiger partial charge in [-0.25, -0.2) is 9.18 Å². The van der Waals surface area contributed by atoms with Crippen molar-refractivity contribution in [2.45, 2.75) is 44.6 Å². The van der Waals surface area contributed by atoms with Gasteiger partial charge in [0.2, 0.25) is 0 Å². The Hall–Kier alpha value is -2.36. The Morgan fingerprint density at radius 1 is 0.962 bits per heavy atom. The number of nitrogens with zero attached hydrogens (tertiary/aromatic N) is 2.